The second kappa shape index (κ2) is 5.90. The van der Waals surface area contributed by atoms with Crippen LogP contribution in [0.3, 0.4) is 0 Å². The number of nitrogens with two attached hydrogens (primary N) is 1. The number of aryl methyl sites for hydroxylation is 1. The summed E-state index contributed by atoms with van der Waals surface area (Å²) in [6, 6.07) is 6.48. The van der Waals surface area contributed by atoms with Crippen LogP contribution in [0.2, 0.25) is 0 Å². The van der Waals surface area contributed by atoms with E-state index in [1.165, 1.54) is 11.1 Å². The first-order valence-corrected chi connectivity index (χ1v) is 6.05. The van der Waals surface area contributed by atoms with Crippen molar-refractivity contribution in [1.29, 1.82) is 0 Å². The van der Waals surface area contributed by atoms with E-state index in [2.05, 4.69) is 45.9 Å². The Kier molecular flexibility index (Phi) is 4.81. The number of ether oxygens (including phenoxy) is 1. The van der Waals surface area contributed by atoms with Crippen LogP contribution in [0.5, 0.6) is 5.75 Å². The molecule has 0 saturated carbocycles. The molecule has 1 aromatic carbocycles. The zero-order valence-electron chi connectivity index (χ0n) is 10.8. The molecule has 1 rings (SSSR count). The normalized spacial score (nSPS) is 12.9. The van der Waals surface area contributed by atoms with Crippen molar-refractivity contribution in [3.63, 3.8) is 0 Å². The van der Waals surface area contributed by atoms with Gasteiger partial charge in [0, 0.05) is 6.04 Å². The third kappa shape index (κ3) is 3.53. The van der Waals surface area contributed by atoms with E-state index >= 15 is 0 Å². The van der Waals surface area contributed by atoms with Gasteiger partial charge in [-0.05, 0) is 44.7 Å². The van der Waals surface area contributed by atoms with Gasteiger partial charge >= 0.3 is 0 Å². The van der Waals surface area contributed by atoms with E-state index < -0.39 is 0 Å². The highest BCUT2D eigenvalue weighted by Crippen LogP contribution is 2.25. The van der Waals surface area contributed by atoms with Gasteiger partial charge in [0.05, 0.1) is 6.10 Å². The van der Waals surface area contributed by atoms with Crippen LogP contribution < -0.4 is 10.5 Å². The lowest BCUT2D eigenvalue weighted by atomic mass is 10.0. The molecule has 1 aromatic rings. The molecule has 2 N–H and O–H groups in total. The fraction of sp³-hybridized carbons (Fsp3) is 0.571. The fourth-order valence-electron chi connectivity index (χ4n) is 1.71. The number of hydrogen-bond donors (Lipinski definition) is 1. The molecular formula is C14H23NO. The van der Waals surface area contributed by atoms with Gasteiger partial charge in [-0.15, -0.1) is 0 Å². The van der Waals surface area contributed by atoms with Crippen LogP contribution in [0.1, 0.15) is 38.3 Å². The molecule has 0 radical (unpaired) electrons. The highest BCUT2D eigenvalue weighted by molar-refractivity contribution is 5.41. The van der Waals surface area contributed by atoms with Gasteiger partial charge in [-0.2, -0.15) is 0 Å². The molecule has 16 heavy (non-hydrogen) atoms. The van der Waals surface area contributed by atoms with Gasteiger partial charge in [0.15, 0.2) is 0 Å². The molecule has 2 nitrogen and oxygen atoms in total. The van der Waals surface area contributed by atoms with Crippen LogP contribution in [0.15, 0.2) is 18.2 Å². The molecule has 90 valence electrons. The summed E-state index contributed by atoms with van der Waals surface area (Å²) >= 11 is 0. The Morgan fingerprint density at radius 1 is 1.31 bits per heavy atom. The summed E-state index contributed by atoms with van der Waals surface area (Å²) in [4.78, 5) is 0. The molecule has 2 heteroatoms. The Hall–Kier alpha value is -1.02. The van der Waals surface area contributed by atoms with Crippen LogP contribution in [0, 0.1) is 6.92 Å². The van der Waals surface area contributed by atoms with E-state index in [4.69, 9.17) is 10.5 Å². The van der Waals surface area contributed by atoms with Crippen molar-refractivity contribution in [2.75, 3.05) is 0 Å². The Bertz CT molecular complexity index is 334. The second-order valence-corrected chi connectivity index (χ2v) is 4.60. The smallest absolute Gasteiger partial charge is 0.125 e. The molecule has 0 spiro atoms. The molecule has 0 aliphatic heterocycles. The highest BCUT2D eigenvalue weighted by Gasteiger charge is 2.11. The molecule has 0 saturated heterocycles. The van der Waals surface area contributed by atoms with Crippen LogP contribution in [0.4, 0.5) is 0 Å². The summed E-state index contributed by atoms with van der Waals surface area (Å²) in [5.74, 6) is 1.02. The average molecular weight is 221 g/mol. The molecule has 0 fully saturated rings. The van der Waals surface area contributed by atoms with Crippen molar-refractivity contribution >= 4 is 0 Å². The van der Waals surface area contributed by atoms with Crippen LogP contribution >= 0.6 is 0 Å². The van der Waals surface area contributed by atoms with Gasteiger partial charge in [0.25, 0.3) is 0 Å². The Morgan fingerprint density at radius 3 is 2.56 bits per heavy atom. The van der Waals surface area contributed by atoms with Crippen LogP contribution in [-0.2, 0) is 6.42 Å². The summed E-state index contributed by atoms with van der Waals surface area (Å²) in [7, 11) is 0. The molecular weight excluding hydrogens is 198 g/mol. The summed E-state index contributed by atoms with van der Waals surface area (Å²) < 4.78 is 5.87. The van der Waals surface area contributed by atoms with E-state index in [1.54, 1.807) is 0 Å². The number of hydrogen-bond acceptors (Lipinski definition) is 2. The van der Waals surface area contributed by atoms with Gasteiger partial charge in [-0.25, -0.2) is 0 Å². The van der Waals surface area contributed by atoms with Gasteiger partial charge < -0.3 is 10.5 Å². The van der Waals surface area contributed by atoms with Gasteiger partial charge in [-0.3, -0.25) is 0 Å². The van der Waals surface area contributed by atoms with E-state index in [0.717, 1.165) is 18.6 Å². The Labute approximate surface area is 98.8 Å². The molecule has 0 amide bonds. The predicted molar refractivity (Wildman–Crippen MR) is 68.9 cm³/mol. The maximum Gasteiger partial charge on any atom is 0.125 e. The Morgan fingerprint density at radius 2 is 2.00 bits per heavy atom. The third-order valence-electron chi connectivity index (χ3n) is 2.65. The van der Waals surface area contributed by atoms with E-state index in [0.29, 0.717) is 0 Å². The maximum absolute atomic E-state index is 6.00. The largest absolute Gasteiger partial charge is 0.490 e. The van der Waals surface area contributed by atoms with Crippen molar-refractivity contribution in [2.45, 2.75) is 52.7 Å². The summed E-state index contributed by atoms with van der Waals surface area (Å²) in [5, 5.41) is 0. The molecule has 1 atom stereocenters. The Balaban J connectivity index is 2.93. The minimum Gasteiger partial charge on any atom is -0.490 e. The van der Waals surface area contributed by atoms with E-state index in [-0.39, 0.29) is 12.1 Å². The molecule has 0 heterocycles. The topological polar surface area (TPSA) is 35.2 Å². The molecule has 1 unspecified atom stereocenters. The first-order chi connectivity index (χ1) is 7.54. The van der Waals surface area contributed by atoms with Gasteiger partial charge in [-0.1, -0.05) is 25.1 Å². The summed E-state index contributed by atoms with van der Waals surface area (Å²) in [6.07, 6.45) is 2.09. The standard InChI is InChI=1S/C14H23NO/c1-5-13(15)9-12-8-6-7-11(4)14(12)16-10(2)3/h6-8,10,13H,5,9,15H2,1-4H3. The lowest BCUT2D eigenvalue weighted by molar-refractivity contribution is 0.238. The molecule has 0 aromatic heterocycles. The van der Waals surface area contributed by atoms with Crippen molar-refractivity contribution in [3.05, 3.63) is 29.3 Å². The third-order valence-corrected chi connectivity index (χ3v) is 2.65. The lowest BCUT2D eigenvalue weighted by Gasteiger charge is -2.18. The van der Waals surface area contributed by atoms with Gasteiger partial charge in [0.2, 0.25) is 0 Å². The number of para-hydroxylation sites is 1. The number of benzene rings is 1. The summed E-state index contributed by atoms with van der Waals surface area (Å²) in [6.45, 7) is 8.30. The van der Waals surface area contributed by atoms with Crippen molar-refractivity contribution in [2.24, 2.45) is 5.73 Å². The van der Waals surface area contributed by atoms with Gasteiger partial charge in [0.1, 0.15) is 5.75 Å². The quantitative estimate of drug-likeness (QED) is 0.829. The highest BCUT2D eigenvalue weighted by atomic mass is 16.5. The molecule has 0 aliphatic carbocycles. The molecule has 0 aliphatic rings. The monoisotopic (exact) mass is 221 g/mol. The van der Waals surface area contributed by atoms with E-state index in [1.807, 2.05) is 0 Å². The van der Waals surface area contributed by atoms with Crippen LogP contribution in [0.25, 0.3) is 0 Å². The zero-order valence-corrected chi connectivity index (χ0v) is 10.8. The predicted octanol–water partition coefficient (Wildman–Crippen LogP) is 3.06. The zero-order chi connectivity index (χ0) is 12.1. The summed E-state index contributed by atoms with van der Waals surface area (Å²) in [5.41, 5.74) is 8.41. The first kappa shape index (κ1) is 13.0. The number of rotatable bonds is 5. The average Bonchev–Trinajstić information content (AvgIpc) is 2.22. The van der Waals surface area contributed by atoms with Crippen LogP contribution in [-0.4, -0.2) is 12.1 Å². The fourth-order valence-corrected chi connectivity index (χ4v) is 1.71. The maximum atomic E-state index is 6.00. The van der Waals surface area contributed by atoms with Crippen molar-refractivity contribution < 1.29 is 4.74 Å². The minimum atomic E-state index is 0.206. The van der Waals surface area contributed by atoms with Crippen molar-refractivity contribution in [1.82, 2.24) is 0 Å². The van der Waals surface area contributed by atoms with E-state index in [9.17, 15) is 0 Å². The minimum absolute atomic E-state index is 0.206. The molecule has 0 bridgehead atoms. The SMILES string of the molecule is CCC(N)Cc1cccc(C)c1OC(C)C. The second-order valence-electron chi connectivity index (χ2n) is 4.60. The van der Waals surface area contributed by atoms with Crippen molar-refractivity contribution in [3.8, 4) is 5.75 Å². The first-order valence-electron chi connectivity index (χ1n) is 6.05. The lowest BCUT2D eigenvalue weighted by Crippen LogP contribution is -2.22.